The smallest absolute Gasteiger partial charge is 0.130 e. The van der Waals surface area contributed by atoms with Crippen molar-refractivity contribution in [3.05, 3.63) is 59.6 Å². The minimum Gasteiger partial charge on any atom is -0.469 e. The van der Waals surface area contributed by atoms with E-state index in [1.54, 1.807) is 19.4 Å². The molecule has 2 aromatic rings. The molecular formula is C14H15F2NO. The highest BCUT2D eigenvalue weighted by Crippen LogP contribution is 2.24. The van der Waals surface area contributed by atoms with Crippen molar-refractivity contribution < 1.29 is 13.2 Å². The highest BCUT2D eigenvalue weighted by atomic mass is 19.1. The summed E-state index contributed by atoms with van der Waals surface area (Å²) in [5, 5.41) is 2.94. The van der Waals surface area contributed by atoms with Gasteiger partial charge in [-0.1, -0.05) is 6.07 Å². The average molecular weight is 251 g/mol. The molecule has 0 radical (unpaired) electrons. The van der Waals surface area contributed by atoms with Gasteiger partial charge in [0.1, 0.15) is 17.4 Å². The zero-order valence-electron chi connectivity index (χ0n) is 10.1. The van der Waals surface area contributed by atoms with Gasteiger partial charge in [0.05, 0.1) is 6.26 Å². The molecule has 18 heavy (non-hydrogen) atoms. The van der Waals surface area contributed by atoms with Crippen LogP contribution in [0.3, 0.4) is 0 Å². The van der Waals surface area contributed by atoms with E-state index in [1.165, 1.54) is 18.2 Å². The Morgan fingerprint density at radius 1 is 1.17 bits per heavy atom. The van der Waals surface area contributed by atoms with Gasteiger partial charge in [-0.05, 0) is 37.7 Å². The first-order chi connectivity index (χ1) is 8.72. The van der Waals surface area contributed by atoms with E-state index in [0.717, 1.165) is 5.76 Å². The lowest BCUT2D eigenvalue weighted by Gasteiger charge is -2.17. The second-order valence-corrected chi connectivity index (χ2v) is 4.09. The Morgan fingerprint density at radius 2 is 1.89 bits per heavy atom. The Balaban J connectivity index is 2.13. The fourth-order valence-corrected chi connectivity index (χ4v) is 2.02. The Morgan fingerprint density at radius 3 is 2.44 bits per heavy atom. The van der Waals surface area contributed by atoms with Crippen molar-refractivity contribution in [2.75, 3.05) is 7.05 Å². The molecule has 0 bridgehead atoms. The lowest BCUT2D eigenvalue weighted by Crippen LogP contribution is -2.19. The van der Waals surface area contributed by atoms with E-state index in [0.29, 0.717) is 12.8 Å². The molecule has 0 saturated heterocycles. The highest BCUT2D eigenvalue weighted by molar-refractivity contribution is 5.23. The number of halogens is 2. The van der Waals surface area contributed by atoms with E-state index in [4.69, 9.17) is 4.42 Å². The molecule has 1 atom stereocenters. The van der Waals surface area contributed by atoms with Crippen LogP contribution >= 0.6 is 0 Å². The van der Waals surface area contributed by atoms with Crippen molar-refractivity contribution in [3.63, 3.8) is 0 Å². The van der Waals surface area contributed by atoms with Gasteiger partial charge in [-0.25, -0.2) is 8.78 Å². The molecule has 1 unspecified atom stereocenters. The third-order valence-corrected chi connectivity index (χ3v) is 2.96. The molecule has 1 heterocycles. The fourth-order valence-electron chi connectivity index (χ4n) is 2.02. The number of hydrogen-bond acceptors (Lipinski definition) is 2. The lowest BCUT2D eigenvalue weighted by molar-refractivity contribution is 0.442. The predicted octanol–water partition coefficient (Wildman–Crippen LogP) is 3.45. The first kappa shape index (κ1) is 12.8. The van der Waals surface area contributed by atoms with E-state index >= 15 is 0 Å². The number of rotatable bonds is 5. The Hall–Kier alpha value is -1.68. The van der Waals surface area contributed by atoms with E-state index in [-0.39, 0.29) is 11.6 Å². The van der Waals surface area contributed by atoms with Gasteiger partial charge in [-0.2, -0.15) is 0 Å². The molecule has 0 spiro atoms. The molecule has 1 aromatic carbocycles. The van der Waals surface area contributed by atoms with E-state index in [2.05, 4.69) is 5.32 Å². The van der Waals surface area contributed by atoms with Gasteiger partial charge < -0.3 is 9.73 Å². The van der Waals surface area contributed by atoms with E-state index < -0.39 is 11.6 Å². The van der Waals surface area contributed by atoms with Crippen LogP contribution in [0.4, 0.5) is 8.78 Å². The molecule has 0 fully saturated rings. The van der Waals surface area contributed by atoms with Gasteiger partial charge in [-0.15, -0.1) is 0 Å². The largest absolute Gasteiger partial charge is 0.469 e. The monoisotopic (exact) mass is 251 g/mol. The Bertz CT molecular complexity index is 476. The molecule has 4 heteroatoms. The van der Waals surface area contributed by atoms with Gasteiger partial charge in [0, 0.05) is 18.0 Å². The topological polar surface area (TPSA) is 25.2 Å². The van der Waals surface area contributed by atoms with E-state index in [9.17, 15) is 8.78 Å². The van der Waals surface area contributed by atoms with Crippen LogP contribution in [0.1, 0.15) is 23.8 Å². The summed E-state index contributed by atoms with van der Waals surface area (Å²) in [4.78, 5) is 0. The molecular weight excluding hydrogens is 236 g/mol. The second-order valence-electron chi connectivity index (χ2n) is 4.09. The summed E-state index contributed by atoms with van der Waals surface area (Å²) < 4.78 is 32.5. The summed E-state index contributed by atoms with van der Waals surface area (Å²) in [6, 6.07) is 7.20. The summed E-state index contributed by atoms with van der Waals surface area (Å²) >= 11 is 0. The SMILES string of the molecule is CNC(CCc1ccco1)c1c(F)cccc1F. The number of nitrogens with one attached hydrogen (secondary N) is 1. The van der Waals surface area contributed by atoms with Crippen LogP contribution < -0.4 is 5.32 Å². The third-order valence-electron chi connectivity index (χ3n) is 2.96. The van der Waals surface area contributed by atoms with Crippen molar-refractivity contribution in [3.8, 4) is 0 Å². The van der Waals surface area contributed by atoms with Crippen LogP contribution in [0.2, 0.25) is 0 Å². The van der Waals surface area contributed by atoms with Crippen LogP contribution in [-0.2, 0) is 6.42 Å². The fraction of sp³-hybridized carbons (Fsp3) is 0.286. The summed E-state index contributed by atoms with van der Waals surface area (Å²) in [6.45, 7) is 0. The molecule has 0 aliphatic rings. The van der Waals surface area contributed by atoms with Crippen molar-refractivity contribution in [1.82, 2.24) is 5.32 Å². The van der Waals surface area contributed by atoms with Gasteiger partial charge in [0.15, 0.2) is 0 Å². The van der Waals surface area contributed by atoms with Gasteiger partial charge in [0.25, 0.3) is 0 Å². The van der Waals surface area contributed by atoms with Crippen LogP contribution in [0.5, 0.6) is 0 Å². The second kappa shape index (κ2) is 5.78. The lowest BCUT2D eigenvalue weighted by atomic mass is 10.0. The summed E-state index contributed by atoms with van der Waals surface area (Å²) in [5.41, 5.74) is 0.0894. The quantitative estimate of drug-likeness (QED) is 0.880. The Labute approximate surface area is 105 Å². The first-order valence-corrected chi connectivity index (χ1v) is 5.86. The molecule has 0 saturated carbocycles. The molecule has 0 aliphatic carbocycles. The first-order valence-electron chi connectivity index (χ1n) is 5.86. The van der Waals surface area contributed by atoms with Crippen molar-refractivity contribution in [1.29, 1.82) is 0 Å². The molecule has 1 N–H and O–H groups in total. The van der Waals surface area contributed by atoms with Gasteiger partial charge >= 0.3 is 0 Å². The minimum atomic E-state index is -0.520. The van der Waals surface area contributed by atoms with E-state index in [1.807, 2.05) is 6.07 Å². The van der Waals surface area contributed by atoms with Crippen molar-refractivity contribution in [2.24, 2.45) is 0 Å². The maximum atomic E-state index is 13.6. The minimum absolute atomic E-state index is 0.0894. The maximum Gasteiger partial charge on any atom is 0.130 e. The summed E-state index contributed by atoms with van der Waals surface area (Å²) in [7, 11) is 1.69. The third kappa shape index (κ3) is 2.76. The molecule has 1 aromatic heterocycles. The van der Waals surface area contributed by atoms with Crippen molar-refractivity contribution >= 4 is 0 Å². The Kier molecular flexibility index (Phi) is 4.10. The summed E-state index contributed by atoms with van der Waals surface area (Å²) in [5.74, 6) is -0.227. The zero-order chi connectivity index (χ0) is 13.0. The summed E-state index contributed by atoms with van der Waals surface area (Å²) in [6.07, 6.45) is 2.79. The molecule has 0 amide bonds. The highest BCUT2D eigenvalue weighted by Gasteiger charge is 2.18. The van der Waals surface area contributed by atoms with Crippen LogP contribution in [0.15, 0.2) is 41.0 Å². The van der Waals surface area contributed by atoms with Crippen LogP contribution in [0.25, 0.3) is 0 Å². The average Bonchev–Trinajstić information content (AvgIpc) is 2.86. The number of hydrogen-bond donors (Lipinski definition) is 1. The molecule has 2 rings (SSSR count). The number of furan rings is 1. The standard InChI is InChI=1S/C14H15F2NO/c1-17-13(8-7-10-4-3-9-18-10)14-11(15)5-2-6-12(14)16/h2-6,9,13,17H,7-8H2,1H3. The van der Waals surface area contributed by atoms with Gasteiger partial charge in [-0.3, -0.25) is 0 Å². The van der Waals surface area contributed by atoms with Crippen molar-refractivity contribution in [2.45, 2.75) is 18.9 Å². The molecule has 2 nitrogen and oxygen atoms in total. The number of benzene rings is 1. The molecule has 96 valence electrons. The zero-order valence-corrected chi connectivity index (χ0v) is 10.1. The van der Waals surface area contributed by atoms with Crippen LogP contribution in [0, 0.1) is 11.6 Å². The maximum absolute atomic E-state index is 13.6. The number of aryl methyl sites for hydroxylation is 1. The molecule has 0 aliphatic heterocycles. The van der Waals surface area contributed by atoms with Gasteiger partial charge in [0.2, 0.25) is 0 Å². The van der Waals surface area contributed by atoms with Crippen LogP contribution in [-0.4, -0.2) is 7.05 Å². The predicted molar refractivity (Wildman–Crippen MR) is 65.2 cm³/mol. The normalized spacial score (nSPS) is 12.6.